The van der Waals surface area contributed by atoms with Crippen LogP contribution in [0.5, 0.6) is 0 Å². The lowest BCUT2D eigenvalue weighted by Crippen LogP contribution is -2.11. The summed E-state index contributed by atoms with van der Waals surface area (Å²) in [6.45, 7) is 6.46. The van der Waals surface area contributed by atoms with Gasteiger partial charge >= 0.3 is 0 Å². The minimum Gasteiger partial charge on any atom is -0.311 e. The molecular weight excluding hydrogens is 256 g/mol. The second-order valence-electron chi connectivity index (χ2n) is 3.77. The van der Waals surface area contributed by atoms with Crippen LogP contribution >= 0.6 is 22.9 Å². The molecule has 0 radical (unpaired) electrons. The molecular formula is C11H15ClN4S. The predicted molar refractivity (Wildman–Crippen MR) is 70.6 cm³/mol. The number of nitrogens with one attached hydrogen (secondary N) is 1. The first-order valence-electron chi connectivity index (χ1n) is 5.52. The van der Waals surface area contributed by atoms with E-state index in [1.165, 1.54) is 0 Å². The summed E-state index contributed by atoms with van der Waals surface area (Å²) in [6.07, 6.45) is 1.83. The Morgan fingerprint density at radius 3 is 3.00 bits per heavy atom. The molecule has 6 heteroatoms. The van der Waals surface area contributed by atoms with Crippen molar-refractivity contribution in [1.82, 2.24) is 20.1 Å². The second-order valence-corrected chi connectivity index (χ2v) is 5.12. The molecule has 0 fully saturated rings. The number of aryl methyl sites for hydroxylation is 1. The van der Waals surface area contributed by atoms with Crippen LogP contribution in [0.2, 0.25) is 5.02 Å². The number of nitrogens with zero attached hydrogens (tertiary/aromatic N) is 3. The van der Waals surface area contributed by atoms with E-state index in [2.05, 4.69) is 27.7 Å². The zero-order valence-electron chi connectivity index (χ0n) is 9.90. The quantitative estimate of drug-likeness (QED) is 0.908. The second kappa shape index (κ2) is 5.62. The Balaban J connectivity index is 2.01. The Bertz CT molecular complexity index is 472. The van der Waals surface area contributed by atoms with E-state index in [0.29, 0.717) is 11.6 Å². The lowest BCUT2D eigenvalue weighted by Gasteiger charge is -1.97. The third-order valence-corrected chi connectivity index (χ3v) is 3.60. The molecule has 0 amide bonds. The number of aromatic nitrogens is 3. The van der Waals surface area contributed by atoms with E-state index in [4.69, 9.17) is 11.6 Å². The van der Waals surface area contributed by atoms with Gasteiger partial charge in [0.2, 0.25) is 0 Å². The number of hydrogen-bond donors (Lipinski definition) is 1. The molecule has 2 rings (SSSR count). The lowest BCUT2D eigenvalue weighted by atomic mass is 10.5. The molecule has 1 N–H and O–H groups in total. The number of hydrogen-bond acceptors (Lipinski definition) is 4. The molecule has 0 saturated carbocycles. The number of rotatable bonds is 5. The summed E-state index contributed by atoms with van der Waals surface area (Å²) < 4.78 is 1.82. The molecule has 2 aromatic heterocycles. The number of halogens is 1. The van der Waals surface area contributed by atoms with Gasteiger partial charge in [-0.25, -0.2) is 4.98 Å². The van der Waals surface area contributed by atoms with Gasteiger partial charge in [-0.3, -0.25) is 4.68 Å². The highest BCUT2D eigenvalue weighted by atomic mass is 35.5. The van der Waals surface area contributed by atoms with Gasteiger partial charge in [-0.15, -0.1) is 11.3 Å². The topological polar surface area (TPSA) is 42.7 Å². The van der Waals surface area contributed by atoms with E-state index in [1.807, 2.05) is 17.8 Å². The Hall–Kier alpha value is -0.910. The minimum absolute atomic E-state index is 0.677. The van der Waals surface area contributed by atoms with Gasteiger partial charge in [-0.2, -0.15) is 5.10 Å². The third kappa shape index (κ3) is 3.28. The van der Waals surface area contributed by atoms with Crippen LogP contribution in [0.25, 0.3) is 0 Å². The molecule has 0 saturated heterocycles. The van der Waals surface area contributed by atoms with E-state index in [0.717, 1.165) is 29.5 Å². The van der Waals surface area contributed by atoms with Crippen LogP contribution in [0.3, 0.4) is 0 Å². The molecule has 0 aliphatic rings. The smallest absolute Gasteiger partial charge is 0.107 e. The van der Waals surface area contributed by atoms with E-state index in [1.54, 1.807) is 11.3 Å². The van der Waals surface area contributed by atoms with Gasteiger partial charge in [0.15, 0.2) is 0 Å². The van der Waals surface area contributed by atoms with Crippen LogP contribution in [0.1, 0.15) is 23.3 Å². The van der Waals surface area contributed by atoms with Crippen LogP contribution in [0.15, 0.2) is 11.6 Å². The largest absolute Gasteiger partial charge is 0.311 e. The Morgan fingerprint density at radius 1 is 1.53 bits per heavy atom. The zero-order valence-corrected chi connectivity index (χ0v) is 11.5. The van der Waals surface area contributed by atoms with Crippen molar-refractivity contribution in [3.8, 4) is 0 Å². The van der Waals surface area contributed by atoms with Gasteiger partial charge in [-0.05, 0) is 13.5 Å². The first-order valence-corrected chi connectivity index (χ1v) is 6.78. The molecule has 92 valence electrons. The van der Waals surface area contributed by atoms with Gasteiger partial charge in [0, 0.05) is 18.1 Å². The van der Waals surface area contributed by atoms with Crippen molar-refractivity contribution < 1.29 is 0 Å². The summed E-state index contributed by atoms with van der Waals surface area (Å²) in [6, 6.07) is 0. The highest BCUT2D eigenvalue weighted by molar-refractivity contribution is 7.09. The maximum absolute atomic E-state index is 5.96. The summed E-state index contributed by atoms with van der Waals surface area (Å²) in [4.78, 5) is 4.53. The average molecular weight is 271 g/mol. The SMILES string of the molecule is CCNCc1nc(Cn2cc(Cl)c(C)n2)cs1. The van der Waals surface area contributed by atoms with E-state index in [-0.39, 0.29) is 0 Å². The Kier molecular flexibility index (Phi) is 4.15. The molecule has 17 heavy (non-hydrogen) atoms. The minimum atomic E-state index is 0.677. The Morgan fingerprint density at radius 2 is 2.35 bits per heavy atom. The average Bonchev–Trinajstić information content (AvgIpc) is 2.85. The van der Waals surface area contributed by atoms with Crippen LogP contribution in [-0.4, -0.2) is 21.3 Å². The van der Waals surface area contributed by atoms with Gasteiger partial charge in [0.1, 0.15) is 5.01 Å². The van der Waals surface area contributed by atoms with Crippen molar-refractivity contribution >= 4 is 22.9 Å². The van der Waals surface area contributed by atoms with Crippen molar-refractivity contribution in [2.24, 2.45) is 0 Å². The van der Waals surface area contributed by atoms with Crippen LogP contribution in [0, 0.1) is 6.92 Å². The van der Waals surface area contributed by atoms with Crippen molar-refractivity contribution in [3.05, 3.63) is 33.0 Å². The summed E-state index contributed by atoms with van der Waals surface area (Å²) >= 11 is 7.63. The fourth-order valence-corrected chi connectivity index (χ4v) is 2.38. The molecule has 2 aromatic rings. The zero-order chi connectivity index (χ0) is 12.3. The number of thiazole rings is 1. The molecule has 0 aliphatic heterocycles. The van der Waals surface area contributed by atoms with E-state index in [9.17, 15) is 0 Å². The normalized spacial score (nSPS) is 11.0. The van der Waals surface area contributed by atoms with Gasteiger partial charge in [0.25, 0.3) is 0 Å². The fourth-order valence-electron chi connectivity index (χ4n) is 1.48. The standard InChI is InChI=1S/C11H15ClN4S/c1-3-13-4-11-14-9(7-17-11)5-16-6-10(12)8(2)15-16/h6-7,13H,3-5H2,1-2H3. The first-order chi connectivity index (χ1) is 8.19. The van der Waals surface area contributed by atoms with Crippen molar-refractivity contribution in [2.75, 3.05) is 6.54 Å². The molecule has 0 aromatic carbocycles. The maximum atomic E-state index is 5.96. The summed E-state index contributed by atoms with van der Waals surface area (Å²) in [7, 11) is 0. The van der Waals surface area contributed by atoms with Crippen molar-refractivity contribution in [1.29, 1.82) is 0 Å². The Labute approximate surface area is 110 Å². The summed E-state index contributed by atoms with van der Waals surface area (Å²) in [5.74, 6) is 0. The highest BCUT2D eigenvalue weighted by Gasteiger charge is 2.05. The molecule has 0 unspecified atom stereocenters. The molecule has 0 aliphatic carbocycles. The van der Waals surface area contributed by atoms with E-state index >= 15 is 0 Å². The van der Waals surface area contributed by atoms with Gasteiger partial charge in [-0.1, -0.05) is 18.5 Å². The highest BCUT2D eigenvalue weighted by Crippen LogP contribution is 2.15. The fraction of sp³-hybridized carbons (Fsp3) is 0.455. The molecule has 2 heterocycles. The molecule has 0 atom stereocenters. The van der Waals surface area contributed by atoms with Crippen molar-refractivity contribution in [3.63, 3.8) is 0 Å². The van der Waals surface area contributed by atoms with Crippen molar-refractivity contribution in [2.45, 2.75) is 26.9 Å². The molecule has 0 bridgehead atoms. The maximum Gasteiger partial charge on any atom is 0.107 e. The molecule has 4 nitrogen and oxygen atoms in total. The predicted octanol–water partition coefficient (Wildman–Crippen LogP) is 2.46. The van der Waals surface area contributed by atoms with E-state index < -0.39 is 0 Å². The van der Waals surface area contributed by atoms with Crippen LogP contribution in [-0.2, 0) is 13.1 Å². The third-order valence-electron chi connectivity index (χ3n) is 2.34. The lowest BCUT2D eigenvalue weighted by molar-refractivity contribution is 0.662. The van der Waals surface area contributed by atoms with Crippen LogP contribution < -0.4 is 5.32 Å². The van der Waals surface area contributed by atoms with Gasteiger partial charge in [0.05, 0.1) is 23.0 Å². The summed E-state index contributed by atoms with van der Waals surface area (Å²) in [5.41, 5.74) is 1.89. The summed E-state index contributed by atoms with van der Waals surface area (Å²) in [5, 5.41) is 11.4. The monoisotopic (exact) mass is 270 g/mol. The van der Waals surface area contributed by atoms with Gasteiger partial charge < -0.3 is 5.32 Å². The van der Waals surface area contributed by atoms with Crippen LogP contribution in [0.4, 0.5) is 0 Å². The first kappa shape index (κ1) is 12.5. The molecule has 0 spiro atoms.